The van der Waals surface area contributed by atoms with Crippen molar-refractivity contribution in [3.8, 4) is 0 Å². The number of hydrogen-bond donors (Lipinski definition) is 0. The number of carbonyl (C=O) groups excluding carboxylic acids is 1. The van der Waals surface area contributed by atoms with Gasteiger partial charge in [0, 0.05) is 23.7 Å². The zero-order valence-electron chi connectivity index (χ0n) is 13.9. The van der Waals surface area contributed by atoms with Crippen molar-refractivity contribution in [1.29, 1.82) is 0 Å². The first-order valence-electron chi connectivity index (χ1n) is 8.52. The van der Waals surface area contributed by atoms with Gasteiger partial charge in [-0.05, 0) is 23.3 Å². The summed E-state index contributed by atoms with van der Waals surface area (Å²) in [6.07, 6.45) is 2.21. The molecule has 0 radical (unpaired) electrons. The van der Waals surface area contributed by atoms with E-state index in [1.165, 1.54) is 5.56 Å². The van der Waals surface area contributed by atoms with Crippen LogP contribution in [0, 0.1) is 0 Å². The fourth-order valence-electron chi connectivity index (χ4n) is 3.32. The maximum Gasteiger partial charge on any atom is 0.258 e. The Hall–Kier alpha value is -3.13. The average Bonchev–Trinajstić information content (AvgIpc) is 3.15. The number of benzene rings is 3. The zero-order chi connectivity index (χ0) is 17.1. The molecule has 1 amide bonds. The highest BCUT2D eigenvalue weighted by molar-refractivity contribution is 6.00. The third-order valence-corrected chi connectivity index (χ3v) is 4.59. The summed E-state index contributed by atoms with van der Waals surface area (Å²) < 4.78 is 0. The lowest BCUT2D eigenvalue weighted by Gasteiger charge is -2.22. The summed E-state index contributed by atoms with van der Waals surface area (Å²) in [5.74, 6) is 0.262. The smallest absolute Gasteiger partial charge is 0.258 e. The molecule has 0 N–H and O–H groups in total. The van der Waals surface area contributed by atoms with Crippen LogP contribution < -0.4 is 0 Å². The van der Waals surface area contributed by atoms with Gasteiger partial charge in [0.1, 0.15) is 0 Å². The second kappa shape index (κ2) is 6.78. The molecule has 1 aliphatic rings. The normalized spacial score (nSPS) is 16.6. The van der Waals surface area contributed by atoms with Gasteiger partial charge in [-0.2, -0.15) is 0 Å². The summed E-state index contributed by atoms with van der Waals surface area (Å²) in [6.45, 7) is 0.669. The van der Waals surface area contributed by atoms with Gasteiger partial charge in [-0.25, -0.2) is 0 Å². The standard InChI is InChI=1S/C23H19NO/c25-23(20-14-8-3-9-15-20)24-17-21(18-10-4-1-5-11-18)16-22(24)19-12-6-2-7-13-19/h1-16,21H,17H2/t21-/m1/s1. The first kappa shape index (κ1) is 15.4. The molecule has 3 aromatic rings. The Morgan fingerprint density at radius 3 is 1.96 bits per heavy atom. The predicted octanol–water partition coefficient (Wildman–Crippen LogP) is 4.97. The predicted molar refractivity (Wildman–Crippen MR) is 101 cm³/mol. The maximum absolute atomic E-state index is 13.1. The van der Waals surface area contributed by atoms with Crippen LogP contribution in [0.25, 0.3) is 5.70 Å². The fraction of sp³-hybridized carbons (Fsp3) is 0.0870. The van der Waals surface area contributed by atoms with Crippen LogP contribution in [0.1, 0.15) is 27.4 Å². The van der Waals surface area contributed by atoms with Crippen LogP contribution in [0.15, 0.2) is 97.1 Å². The topological polar surface area (TPSA) is 20.3 Å². The molecule has 2 nitrogen and oxygen atoms in total. The minimum atomic E-state index is 0.0501. The molecule has 122 valence electrons. The second-order valence-corrected chi connectivity index (χ2v) is 6.22. The first-order chi connectivity index (χ1) is 12.3. The molecule has 0 spiro atoms. The van der Waals surface area contributed by atoms with Gasteiger partial charge < -0.3 is 4.90 Å². The molecule has 2 heteroatoms. The SMILES string of the molecule is O=C(c1ccccc1)N1C[C@H](c2ccccc2)C=C1c1ccccc1. The number of rotatable bonds is 3. The number of carbonyl (C=O) groups is 1. The van der Waals surface area contributed by atoms with Gasteiger partial charge in [-0.1, -0.05) is 84.9 Å². The first-order valence-corrected chi connectivity index (χ1v) is 8.52. The summed E-state index contributed by atoms with van der Waals surface area (Å²) in [5, 5.41) is 0. The fourth-order valence-corrected chi connectivity index (χ4v) is 3.32. The summed E-state index contributed by atoms with van der Waals surface area (Å²) >= 11 is 0. The van der Waals surface area contributed by atoms with E-state index in [1.807, 2.05) is 71.6 Å². The molecular weight excluding hydrogens is 306 g/mol. The highest BCUT2D eigenvalue weighted by atomic mass is 16.2. The molecule has 25 heavy (non-hydrogen) atoms. The van der Waals surface area contributed by atoms with Crippen LogP contribution in [-0.2, 0) is 0 Å². The third-order valence-electron chi connectivity index (χ3n) is 4.59. The average molecular weight is 325 g/mol. The quantitative estimate of drug-likeness (QED) is 0.666. The van der Waals surface area contributed by atoms with Crippen molar-refractivity contribution in [2.24, 2.45) is 0 Å². The Kier molecular flexibility index (Phi) is 4.17. The molecule has 3 aromatic carbocycles. The van der Waals surface area contributed by atoms with E-state index >= 15 is 0 Å². The van der Waals surface area contributed by atoms with E-state index in [0.29, 0.717) is 6.54 Å². The van der Waals surface area contributed by atoms with Gasteiger partial charge in [0.25, 0.3) is 5.91 Å². The Morgan fingerprint density at radius 2 is 1.32 bits per heavy atom. The highest BCUT2D eigenvalue weighted by Crippen LogP contribution is 2.35. The van der Waals surface area contributed by atoms with Crippen LogP contribution in [0.5, 0.6) is 0 Å². The largest absolute Gasteiger partial charge is 0.307 e. The van der Waals surface area contributed by atoms with Gasteiger partial charge in [0.2, 0.25) is 0 Å². The van der Waals surface area contributed by atoms with Crippen LogP contribution >= 0.6 is 0 Å². The molecule has 1 heterocycles. The van der Waals surface area contributed by atoms with Crippen molar-refractivity contribution in [3.05, 3.63) is 114 Å². The minimum absolute atomic E-state index is 0.0501. The van der Waals surface area contributed by atoms with E-state index in [1.54, 1.807) is 0 Å². The molecule has 0 unspecified atom stereocenters. The summed E-state index contributed by atoms with van der Waals surface area (Å²) in [6, 6.07) is 30.0. The molecule has 0 fully saturated rings. The molecule has 0 aromatic heterocycles. The van der Waals surface area contributed by atoms with E-state index in [0.717, 1.165) is 16.8 Å². The van der Waals surface area contributed by atoms with Gasteiger partial charge >= 0.3 is 0 Å². The van der Waals surface area contributed by atoms with E-state index < -0.39 is 0 Å². The van der Waals surface area contributed by atoms with Gasteiger partial charge in [0.05, 0.1) is 0 Å². The second-order valence-electron chi connectivity index (χ2n) is 6.22. The van der Waals surface area contributed by atoms with Crippen LogP contribution in [-0.4, -0.2) is 17.4 Å². The molecule has 0 saturated carbocycles. The third kappa shape index (κ3) is 3.11. The molecular formula is C23H19NO. The Bertz CT molecular complexity index is 885. The van der Waals surface area contributed by atoms with Crippen molar-refractivity contribution >= 4 is 11.6 Å². The molecule has 1 atom stereocenters. The lowest BCUT2D eigenvalue weighted by Crippen LogP contribution is -2.28. The van der Waals surface area contributed by atoms with Crippen molar-refractivity contribution in [2.75, 3.05) is 6.54 Å². The Morgan fingerprint density at radius 1 is 0.760 bits per heavy atom. The summed E-state index contributed by atoms with van der Waals surface area (Å²) in [4.78, 5) is 15.0. The van der Waals surface area contributed by atoms with E-state index in [-0.39, 0.29) is 11.8 Å². The molecule has 0 bridgehead atoms. The van der Waals surface area contributed by atoms with Crippen molar-refractivity contribution in [1.82, 2.24) is 4.90 Å². The van der Waals surface area contributed by atoms with E-state index in [2.05, 4.69) is 30.3 Å². The highest BCUT2D eigenvalue weighted by Gasteiger charge is 2.30. The summed E-state index contributed by atoms with van der Waals surface area (Å²) in [5.41, 5.74) is 4.02. The lowest BCUT2D eigenvalue weighted by molar-refractivity contribution is 0.0841. The maximum atomic E-state index is 13.1. The van der Waals surface area contributed by atoms with Crippen molar-refractivity contribution in [3.63, 3.8) is 0 Å². The number of hydrogen-bond acceptors (Lipinski definition) is 1. The number of nitrogens with zero attached hydrogens (tertiary/aromatic N) is 1. The Balaban J connectivity index is 1.73. The minimum Gasteiger partial charge on any atom is -0.307 e. The molecule has 0 saturated heterocycles. The zero-order valence-corrected chi connectivity index (χ0v) is 13.9. The van der Waals surface area contributed by atoms with Crippen LogP contribution in [0.3, 0.4) is 0 Å². The molecule has 4 rings (SSSR count). The lowest BCUT2D eigenvalue weighted by atomic mass is 10.00. The van der Waals surface area contributed by atoms with Crippen molar-refractivity contribution < 1.29 is 4.79 Å². The van der Waals surface area contributed by atoms with Crippen LogP contribution in [0.4, 0.5) is 0 Å². The van der Waals surface area contributed by atoms with E-state index in [9.17, 15) is 4.79 Å². The molecule has 1 aliphatic heterocycles. The van der Waals surface area contributed by atoms with E-state index in [4.69, 9.17) is 0 Å². The van der Waals surface area contributed by atoms with Gasteiger partial charge in [-0.15, -0.1) is 0 Å². The summed E-state index contributed by atoms with van der Waals surface area (Å²) in [7, 11) is 0. The monoisotopic (exact) mass is 325 g/mol. The number of amides is 1. The molecule has 0 aliphatic carbocycles. The van der Waals surface area contributed by atoms with Gasteiger partial charge in [0.15, 0.2) is 0 Å². The van der Waals surface area contributed by atoms with Crippen LogP contribution in [0.2, 0.25) is 0 Å². The Labute approximate surface area is 148 Å². The van der Waals surface area contributed by atoms with Crippen molar-refractivity contribution in [2.45, 2.75) is 5.92 Å². The van der Waals surface area contributed by atoms with Gasteiger partial charge in [-0.3, -0.25) is 4.79 Å².